The number of halogens is 1. The van der Waals surface area contributed by atoms with E-state index in [-0.39, 0.29) is 18.0 Å². The van der Waals surface area contributed by atoms with Gasteiger partial charge in [0.25, 0.3) is 5.56 Å². The van der Waals surface area contributed by atoms with Gasteiger partial charge in [-0.25, -0.2) is 9.97 Å². The molecular formula is C22H18ClN7O2. The van der Waals surface area contributed by atoms with E-state index in [2.05, 4.69) is 30.9 Å². The molecule has 2 aliphatic rings. The molecule has 1 aliphatic heterocycles. The van der Waals surface area contributed by atoms with Crippen molar-refractivity contribution < 1.29 is 4.52 Å². The van der Waals surface area contributed by atoms with Crippen LogP contribution in [0.5, 0.6) is 0 Å². The minimum absolute atomic E-state index is 0.172. The second-order valence-electron chi connectivity index (χ2n) is 8.35. The highest BCUT2D eigenvalue weighted by Gasteiger charge is 2.58. The van der Waals surface area contributed by atoms with E-state index in [4.69, 9.17) is 22.5 Å². The van der Waals surface area contributed by atoms with Gasteiger partial charge in [0, 0.05) is 42.3 Å². The van der Waals surface area contributed by atoms with Gasteiger partial charge in [-0.05, 0) is 30.0 Å². The fourth-order valence-electron chi connectivity index (χ4n) is 4.76. The number of rotatable bonds is 4. The lowest BCUT2D eigenvalue weighted by molar-refractivity contribution is 0.363. The summed E-state index contributed by atoms with van der Waals surface area (Å²) in [6, 6.07) is 5.72. The van der Waals surface area contributed by atoms with Crippen LogP contribution < -0.4 is 10.5 Å². The van der Waals surface area contributed by atoms with Crippen LogP contribution in [0.4, 0.5) is 5.69 Å². The van der Waals surface area contributed by atoms with Crippen molar-refractivity contribution in [2.45, 2.75) is 12.5 Å². The molecule has 0 amide bonds. The first kappa shape index (κ1) is 19.1. The average Bonchev–Trinajstić information content (AvgIpc) is 3.20. The molecule has 1 aromatic carbocycles. The van der Waals surface area contributed by atoms with Gasteiger partial charge < -0.3 is 14.0 Å². The number of aryl methyl sites for hydroxylation is 1. The number of terminal acetylenes is 1. The molecule has 1 aliphatic carbocycles. The molecule has 2 unspecified atom stereocenters. The summed E-state index contributed by atoms with van der Waals surface area (Å²) in [6.45, 7) is 1.96. The van der Waals surface area contributed by atoms with Crippen molar-refractivity contribution in [3.8, 4) is 12.3 Å². The number of hydrogen-bond donors (Lipinski definition) is 0. The number of hydrogen-bond acceptors (Lipinski definition) is 7. The maximum atomic E-state index is 12.7. The lowest BCUT2D eigenvalue weighted by Gasteiger charge is -2.22. The number of anilines is 1. The third-order valence-electron chi connectivity index (χ3n) is 6.40. The number of fused-ring (bicyclic) bond motifs is 2. The van der Waals surface area contributed by atoms with Crippen LogP contribution in [0.3, 0.4) is 0 Å². The highest BCUT2D eigenvalue weighted by Crippen LogP contribution is 2.58. The molecule has 2 atom stereocenters. The Balaban J connectivity index is 1.16. The van der Waals surface area contributed by atoms with Crippen LogP contribution in [0.25, 0.3) is 11.2 Å². The van der Waals surface area contributed by atoms with Crippen LogP contribution in [0.2, 0.25) is 5.02 Å². The van der Waals surface area contributed by atoms with Crippen LogP contribution in [0.1, 0.15) is 23.2 Å². The summed E-state index contributed by atoms with van der Waals surface area (Å²) in [4.78, 5) is 27.9. The lowest BCUT2D eigenvalue weighted by Crippen LogP contribution is -2.24. The van der Waals surface area contributed by atoms with E-state index in [1.165, 1.54) is 10.9 Å². The Hall–Kier alpha value is -3.64. The van der Waals surface area contributed by atoms with E-state index in [1.54, 1.807) is 24.0 Å². The molecule has 160 valence electrons. The third kappa shape index (κ3) is 2.99. The summed E-state index contributed by atoms with van der Waals surface area (Å²) < 4.78 is 8.56. The first-order chi connectivity index (χ1) is 15.5. The molecule has 3 aromatic heterocycles. The molecule has 32 heavy (non-hydrogen) atoms. The highest BCUT2D eigenvalue weighted by atomic mass is 35.5. The van der Waals surface area contributed by atoms with Gasteiger partial charge in [-0.3, -0.25) is 9.36 Å². The molecule has 2 fully saturated rings. The van der Waals surface area contributed by atoms with Gasteiger partial charge in [0.05, 0.1) is 6.33 Å². The quantitative estimate of drug-likeness (QED) is 0.442. The maximum absolute atomic E-state index is 12.7. The second-order valence-corrected chi connectivity index (χ2v) is 8.79. The fraction of sp³-hybridized carbons (Fsp3) is 0.318. The molecule has 9 nitrogen and oxygen atoms in total. The van der Waals surface area contributed by atoms with E-state index in [9.17, 15) is 4.79 Å². The van der Waals surface area contributed by atoms with Gasteiger partial charge in [-0.1, -0.05) is 22.7 Å². The average molecular weight is 448 g/mol. The van der Waals surface area contributed by atoms with Gasteiger partial charge in [-0.2, -0.15) is 4.98 Å². The minimum atomic E-state index is -0.193. The predicted molar refractivity (Wildman–Crippen MR) is 117 cm³/mol. The largest absolute Gasteiger partial charge is 0.371 e. The minimum Gasteiger partial charge on any atom is -0.371 e. The van der Waals surface area contributed by atoms with E-state index in [0.29, 0.717) is 39.7 Å². The van der Waals surface area contributed by atoms with Crippen LogP contribution >= 0.6 is 11.6 Å². The van der Waals surface area contributed by atoms with E-state index < -0.39 is 0 Å². The Bertz CT molecular complexity index is 1450. The second kappa shape index (κ2) is 6.93. The molecule has 1 saturated carbocycles. The van der Waals surface area contributed by atoms with Crippen LogP contribution in [-0.4, -0.2) is 42.3 Å². The van der Waals surface area contributed by atoms with Crippen molar-refractivity contribution in [2.24, 2.45) is 18.9 Å². The summed E-state index contributed by atoms with van der Waals surface area (Å²) >= 11 is 6.21. The molecule has 0 spiro atoms. The van der Waals surface area contributed by atoms with Gasteiger partial charge in [0.15, 0.2) is 17.0 Å². The molecule has 6 rings (SSSR count). The molecule has 4 heterocycles. The summed E-state index contributed by atoms with van der Waals surface area (Å²) in [5.74, 6) is 4.93. The number of imidazole rings is 1. The van der Waals surface area contributed by atoms with Crippen LogP contribution in [0.15, 0.2) is 40.2 Å². The molecule has 0 radical (unpaired) electrons. The van der Waals surface area contributed by atoms with Crippen LogP contribution in [0, 0.1) is 24.2 Å². The zero-order valence-electron chi connectivity index (χ0n) is 17.1. The normalized spacial score (nSPS) is 21.7. The van der Waals surface area contributed by atoms with Gasteiger partial charge in [0.2, 0.25) is 5.89 Å². The maximum Gasteiger partial charge on any atom is 0.280 e. The summed E-state index contributed by atoms with van der Waals surface area (Å²) in [6.07, 6.45) is 8.56. The zero-order chi connectivity index (χ0) is 22.0. The number of nitrogens with zero attached hydrogens (tertiary/aromatic N) is 7. The first-order valence-corrected chi connectivity index (χ1v) is 10.6. The molecule has 10 heteroatoms. The number of benzene rings is 1. The van der Waals surface area contributed by atoms with E-state index in [0.717, 1.165) is 24.3 Å². The topological polar surface area (TPSA) is 94.9 Å². The number of aromatic nitrogens is 6. The Kier molecular flexibility index (Phi) is 4.13. The third-order valence-corrected chi connectivity index (χ3v) is 6.61. The molecule has 0 N–H and O–H groups in total. The van der Waals surface area contributed by atoms with Crippen molar-refractivity contribution in [1.82, 2.24) is 29.2 Å². The van der Waals surface area contributed by atoms with Crippen LogP contribution in [-0.2, 0) is 13.6 Å². The number of piperidine rings is 1. The Morgan fingerprint density at radius 1 is 1.22 bits per heavy atom. The van der Waals surface area contributed by atoms with Crippen molar-refractivity contribution in [1.29, 1.82) is 0 Å². The summed E-state index contributed by atoms with van der Waals surface area (Å²) in [5, 5.41) is 4.83. The van der Waals surface area contributed by atoms with E-state index in [1.807, 2.05) is 12.1 Å². The first-order valence-electron chi connectivity index (χ1n) is 10.2. The van der Waals surface area contributed by atoms with Gasteiger partial charge >= 0.3 is 0 Å². The van der Waals surface area contributed by atoms with Crippen molar-refractivity contribution >= 4 is 28.5 Å². The summed E-state index contributed by atoms with van der Waals surface area (Å²) in [5.41, 5.74) is 2.49. The highest BCUT2D eigenvalue weighted by molar-refractivity contribution is 6.31. The SMILES string of the molecule is C#Cc1cc(Cl)cc(N2CC3C(C2)C3c2noc(Cn3cnc4ncn(C)c4c3=O)n2)c1. The zero-order valence-corrected chi connectivity index (χ0v) is 17.9. The monoisotopic (exact) mass is 447 g/mol. The Labute approximate surface area is 187 Å². The Morgan fingerprint density at radius 2 is 2.00 bits per heavy atom. The van der Waals surface area contributed by atoms with E-state index >= 15 is 0 Å². The fourth-order valence-corrected chi connectivity index (χ4v) is 4.99. The standard InChI is InChI=1S/C22H18ClN7O2/c1-3-12-4-13(23)6-14(5-12)29-7-15-16(8-29)18(15)20-26-17(32-27-20)9-30-11-25-21-19(22(30)31)28(2)10-24-21/h1,4-6,10-11,15-16,18H,7-9H2,2H3. The molecular weight excluding hydrogens is 430 g/mol. The van der Waals surface area contributed by atoms with Gasteiger partial charge in [0.1, 0.15) is 12.9 Å². The van der Waals surface area contributed by atoms with Crippen molar-refractivity contribution in [3.63, 3.8) is 0 Å². The molecule has 1 saturated heterocycles. The smallest absolute Gasteiger partial charge is 0.280 e. The van der Waals surface area contributed by atoms with Gasteiger partial charge in [-0.15, -0.1) is 6.42 Å². The predicted octanol–water partition coefficient (Wildman–Crippen LogP) is 2.05. The molecule has 4 aromatic rings. The lowest BCUT2D eigenvalue weighted by atomic mass is 10.1. The summed E-state index contributed by atoms with van der Waals surface area (Å²) in [7, 11) is 1.76. The Morgan fingerprint density at radius 3 is 2.78 bits per heavy atom. The molecule has 0 bridgehead atoms. The van der Waals surface area contributed by atoms with Crippen molar-refractivity contribution in [3.05, 3.63) is 63.5 Å². The van der Waals surface area contributed by atoms with Crippen molar-refractivity contribution in [2.75, 3.05) is 18.0 Å².